The van der Waals surface area contributed by atoms with Crippen molar-refractivity contribution in [2.75, 3.05) is 0 Å². The molecule has 84 valence electrons. The zero-order valence-electron chi connectivity index (χ0n) is 8.87. The molecule has 0 bridgehead atoms. The van der Waals surface area contributed by atoms with Crippen LogP contribution in [0.5, 0.6) is 0 Å². The maximum absolute atomic E-state index is 11.6. The van der Waals surface area contributed by atoms with Gasteiger partial charge in [-0.05, 0) is 6.92 Å². The number of rotatable bonds is 3. The van der Waals surface area contributed by atoms with E-state index in [1.807, 2.05) is 11.5 Å². The summed E-state index contributed by atoms with van der Waals surface area (Å²) in [5, 5.41) is 10.4. The Kier molecular flexibility index (Phi) is 2.95. The minimum atomic E-state index is -0.233. The van der Waals surface area contributed by atoms with Crippen LogP contribution >= 0.6 is 0 Å². The Morgan fingerprint density at radius 1 is 1.50 bits per heavy atom. The van der Waals surface area contributed by atoms with Gasteiger partial charge in [-0.3, -0.25) is 4.57 Å². The fraction of sp³-hybridized carbons (Fsp3) is 0.333. The second-order valence-corrected chi connectivity index (χ2v) is 3.16. The van der Waals surface area contributed by atoms with Crippen LogP contribution in [-0.2, 0) is 13.1 Å². The summed E-state index contributed by atoms with van der Waals surface area (Å²) >= 11 is 0. The Bertz CT molecular complexity index is 460. The molecule has 0 aliphatic carbocycles. The molecular formula is C9H12N6O. The van der Waals surface area contributed by atoms with Crippen molar-refractivity contribution < 1.29 is 4.79 Å². The average Bonchev–Trinajstić information content (AvgIpc) is 2.96. The van der Waals surface area contributed by atoms with Crippen LogP contribution in [-0.4, -0.2) is 30.3 Å². The lowest BCUT2D eigenvalue weighted by Gasteiger charge is -2.05. The number of aryl methyl sites for hydroxylation is 1. The Morgan fingerprint density at radius 3 is 3.06 bits per heavy atom. The number of nitrogens with one attached hydrogen (secondary N) is 1. The van der Waals surface area contributed by atoms with Crippen LogP contribution in [0.15, 0.2) is 25.0 Å². The third-order valence-electron chi connectivity index (χ3n) is 2.17. The van der Waals surface area contributed by atoms with Gasteiger partial charge < -0.3 is 9.88 Å². The van der Waals surface area contributed by atoms with E-state index in [9.17, 15) is 4.79 Å². The van der Waals surface area contributed by atoms with Crippen molar-refractivity contribution >= 4 is 6.03 Å². The van der Waals surface area contributed by atoms with Crippen molar-refractivity contribution in [3.05, 3.63) is 30.9 Å². The van der Waals surface area contributed by atoms with Crippen LogP contribution in [0.3, 0.4) is 0 Å². The highest BCUT2D eigenvalue weighted by Crippen LogP contribution is 1.94. The number of imidazole rings is 1. The fourth-order valence-electron chi connectivity index (χ4n) is 1.31. The number of carbonyl (C=O) groups is 1. The lowest BCUT2D eigenvalue weighted by atomic mass is 10.5. The first-order valence-corrected chi connectivity index (χ1v) is 4.94. The average molecular weight is 220 g/mol. The van der Waals surface area contributed by atoms with Crippen molar-refractivity contribution in [3.63, 3.8) is 0 Å². The van der Waals surface area contributed by atoms with E-state index in [1.165, 1.54) is 10.9 Å². The number of hydrogen-bond donors (Lipinski definition) is 1. The van der Waals surface area contributed by atoms with Gasteiger partial charge >= 0.3 is 6.03 Å². The van der Waals surface area contributed by atoms with Gasteiger partial charge in [0.1, 0.15) is 12.7 Å². The Hall–Kier alpha value is -2.18. The van der Waals surface area contributed by atoms with Gasteiger partial charge in [0, 0.05) is 18.9 Å². The largest absolute Gasteiger partial charge is 0.330 e. The molecule has 7 nitrogen and oxygen atoms in total. The molecular weight excluding hydrogens is 208 g/mol. The lowest BCUT2D eigenvalue weighted by Crippen LogP contribution is -2.28. The van der Waals surface area contributed by atoms with Crippen LogP contribution in [0, 0.1) is 0 Å². The molecule has 1 amide bonds. The van der Waals surface area contributed by atoms with Gasteiger partial charge in [0.2, 0.25) is 0 Å². The SMILES string of the molecule is CCn1cnnc1CNC(=O)n1ccnc1. The van der Waals surface area contributed by atoms with Crippen LogP contribution in [0.25, 0.3) is 0 Å². The van der Waals surface area contributed by atoms with Crippen LogP contribution in [0.2, 0.25) is 0 Å². The summed E-state index contributed by atoms with van der Waals surface area (Å²) in [6.45, 7) is 3.12. The summed E-state index contributed by atoms with van der Waals surface area (Å²) in [5.41, 5.74) is 0. The molecule has 0 unspecified atom stereocenters. The minimum Gasteiger partial charge on any atom is -0.330 e. The topological polar surface area (TPSA) is 77.6 Å². The first-order valence-electron chi connectivity index (χ1n) is 4.94. The zero-order chi connectivity index (χ0) is 11.4. The highest BCUT2D eigenvalue weighted by Gasteiger charge is 2.06. The molecule has 16 heavy (non-hydrogen) atoms. The van der Waals surface area contributed by atoms with Crippen LogP contribution in [0.1, 0.15) is 12.7 Å². The predicted molar refractivity (Wildman–Crippen MR) is 55.6 cm³/mol. The van der Waals surface area contributed by atoms with E-state index in [1.54, 1.807) is 18.7 Å². The first kappa shape index (κ1) is 10.3. The monoisotopic (exact) mass is 220 g/mol. The lowest BCUT2D eigenvalue weighted by molar-refractivity contribution is 0.241. The quantitative estimate of drug-likeness (QED) is 0.804. The maximum atomic E-state index is 11.6. The van der Waals surface area contributed by atoms with Crippen molar-refractivity contribution in [2.45, 2.75) is 20.0 Å². The maximum Gasteiger partial charge on any atom is 0.327 e. The van der Waals surface area contributed by atoms with E-state index in [2.05, 4.69) is 20.5 Å². The highest BCUT2D eigenvalue weighted by molar-refractivity contribution is 5.76. The summed E-state index contributed by atoms with van der Waals surface area (Å²) < 4.78 is 3.24. The summed E-state index contributed by atoms with van der Waals surface area (Å²) in [5.74, 6) is 0.732. The van der Waals surface area contributed by atoms with Crippen molar-refractivity contribution in [1.29, 1.82) is 0 Å². The van der Waals surface area contributed by atoms with Gasteiger partial charge in [0.15, 0.2) is 5.82 Å². The molecule has 0 aliphatic heterocycles. The van der Waals surface area contributed by atoms with Gasteiger partial charge in [-0.2, -0.15) is 0 Å². The molecule has 0 radical (unpaired) electrons. The smallest absolute Gasteiger partial charge is 0.327 e. The molecule has 2 rings (SSSR count). The number of nitrogens with zero attached hydrogens (tertiary/aromatic N) is 5. The third-order valence-corrected chi connectivity index (χ3v) is 2.17. The molecule has 0 fully saturated rings. The normalized spacial score (nSPS) is 10.3. The number of aromatic nitrogens is 5. The Labute approximate surface area is 92.1 Å². The Balaban J connectivity index is 1.95. The molecule has 0 aromatic carbocycles. The minimum absolute atomic E-state index is 0.233. The van der Waals surface area contributed by atoms with E-state index in [-0.39, 0.29) is 6.03 Å². The van der Waals surface area contributed by atoms with Crippen molar-refractivity contribution in [3.8, 4) is 0 Å². The summed E-state index contributed by atoms with van der Waals surface area (Å²) in [6.07, 6.45) is 6.21. The second-order valence-electron chi connectivity index (χ2n) is 3.16. The second kappa shape index (κ2) is 4.56. The molecule has 2 aromatic heterocycles. The zero-order valence-corrected chi connectivity index (χ0v) is 8.87. The summed E-state index contributed by atoms with van der Waals surface area (Å²) in [7, 11) is 0. The molecule has 0 aliphatic rings. The third kappa shape index (κ3) is 2.08. The van der Waals surface area contributed by atoms with Crippen LogP contribution < -0.4 is 5.32 Å². The van der Waals surface area contributed by atoms with E-state index in [0.717, 1.165) is 12.4 Å². The number of hydrogen-bond acceptors (Lipinski definition) is 4. The Morgan fingerprint density at radius 2 is 2.38 bits per heavy atom. The fourth-order valence-corrected chi connectivity index (χ4v) is 1.31. The summed E-state index contributed by atoms with van der Waals surface area (Å²) in [6, 6.07) is -0.233. The molecule has 2 heterocycles. The van der Waals surface area contributed by atoms with E-state index >= 15 is 0 Å². The molecule has 2 aromatic rings. The molecule has 1 N–H and O–H groups in total. The molecule has 0 atom stereocenters. The highest BCUT2D eigenvalue weighted by atomic mass is 16.2. The van der Waals surface area contributed by atoms with Gasteiger partial charge in [-0.25, -0.2) is 9.78 Å². The predicted octanol–water partition coefficient (Wildman–Crippen LogP) is 0.252. The van der Waals surface area contributed by atoms with E-state index < -0.39 is 0 Å². The number of carbonyl (C=O) groups excluding carboxylic acids is 1. The standard InChI is InChI=1S/C9H12N6O/c1-2-14-7-12-13-8(14)5-11-9(16)15-4-3-10-6-15/h3-4,6-7H,2,5H2,1H3,(H,11,16). The van der Waals surface area contributed by atoms with E-state index in [4.69, 9.17) is 0 Å². The van der Waals surface area contributed by atoms with Gasteiger partial charge in [-0.15, -0.1) is 10.2 Å². The van der Waals surface area contributed by atoms with Gasteiger partial charge in [0.25, 0.3) is 0 Å². The first-order chi connectivity index (χ1) is 7.81. The number of amides is 1. The van der Waals surface area contributed by atoms with Crippen LogP contribution in [0.4, 0.5) is 4.79 Å². The summed E-state index contributed by atoms with van der Waals surface area (Å²) in [4.78, 5) is 15.3. The van der Waals surface area contributed by atoms with Crippen molar-refractivity contribution in [1.82, 2.24) is 29.6 Å². The molecule has 0 saturated carbocycles. The van der Waals surface area contributed by atoms with E-state index in [0.29, 0.717) is 6.54 Å². The molecule has 0 saturated heterocycles. The van der Waals surface area contributed by atoms with Gasteiger partial charge in [0.05, 0.1) is 6.54 Å². The molecule has 0 spiro atoms. The van der Waals surface area contributed by atoms with Gasteiger partial charge in [-0.1, -0.05) is 0 Å². The van der Waals surface area contributed by atoms with Crippen molar-refractivity contribution in [2.24, 2.45) is 0 Å². The molecule has 7 heteroatoms.